The van der Waals surface area contributed by atoms with Crippen molar-refractivity contribution in [2.45, 2.75) is 26.0 Å². The maximum Gasteiger partial charge on any atom is 0.409 e. The molecule has 1 unspecified atom stereocenters. The van der Waals surface area contributed by atoms with E-state index in [0.717, 1.165) is 5.56 Å². The van der Waals surface area contributed by atoms with Gasteiger partial charge in [-0.3, -0.25) is 9.59 Å². The summed E-state index contributed by atoms with van der Waals surface area (Å²) in [6, 6.07) is 8.25. The first-order valence-corrected chi connectivity index (χ1v) is 8.67. The van der Waals surface area contributed by atoms with Gasteiger partial charge < -0.3 is 25.0 Å². The number of esters is 1. The van der Waals surface area contributed by atoms with Gasteiger partial charge in [-0.1, -0.05) is 30.3 Å². The summed E-state index contributed by atoms with van der Waals surface area (Å²) < 4.78 is 10.1. The lowest BCUT2D eigenvalue weighted by Crippen LogP contribution is -2.52. The van der Waals surface area contributed by atoms with Gasteiger partial charge in [-0.05, 0) is 12.5 Å². The van der Waals surface area contributed by atoms with E-state index in [1.54, 1.807) is 16.7 Å². The maximum absolute atomic E-state index is 12.3. The molecular formula is C18H25N3O5. The first kappa shape index (κ1) is 19.7. The van der Waals surface area contributed by atoms with E-state index in [0.29, 0.717) is 32.8 Å². The van der Waals surface area contributed by atoms with Gasteiger partial charge in [-0.25, -0.2) is 4.79 Å². The summed E-state index contributed by atoms with van der Waals surface area (Å²) in [5, 5.41) is 0. The molecule has 0 aliphatic carbocycles. The van der Waals surface area contributed by atoms with Gasteiger partial charge in [-0.2, -0.15) is 0 Å². The quantitative estimate of drug-likeness (QED) is 0.748. The van der Waals surface area contributed by atoms with Crippen molar-refractivity contribution < 1.29 is 23.9 Å². The van der Waals surface area contributed by atoms with Crippen molar-refractivity contribution in [1.82, 2.24) is 9.80 Å². The third-order valence-electron chi connectivity index (χ3n) is 4.08. The molecule has 1 heterocycles. The molecule has 1 aromatic carbocycles. The van der Waals surface area contributed by atoms with Gasteiger partial charge in [0.15, 0.2) is 0 Å². The zero-order valence-corrected chi connectivity index (χ0v) is 14.9. The standard InChI is InChI=1S/C18H25N3O5/c1-2-25-18(24)21-10-8-20(9-11-21)16(22)12-15(19)17(23)26-13-14-6-4-3-5-7-14/h3-7,15H,2,8-13,19H2,1H3. The Balaban J connectivity index is 1.73. The predicted molar refractivity (Wildman–Crippen MR) is 94.0 cm³/mol. The van der Waals surface area contributed by atoms with Gasteiger partial charge >= 0.3 is 12.1 Å². The number of ether oxygens (including phenoxy) is 2. The fourth-order valence-corrected chi connectivity index (χ4v) is 2.59. The largest absolute Gasteiger partial charge is 0.460 e. The van der Waals surface area contributed by atoms with E-state index in [4.69, 9.17) is 15.2 Å². The van der Waals surface area contributed by atoms with Crippen LogP contribution in [0.1, 0.15) is 18.9 Å². The third-order valence-corrected chi connectivity index (χ3v) is 4.08. The van der Waals surface area contributed by atoms with E-state index >= 15 is 0 Å². The molecular weight excluding hydrogens is 338 g/mol. The van der Waals surface area contributed by atoms with Crippen molar-refractivity contribution in [1.29, 1.82) is 0 Å². The number of nitrogens with two attached hydrogens (primary N) is 1. The van der Waals surface area contributed by atoms with Crippen molar-refractivity contribution in [3.05, 3.63) is 35.9 Å². The van der Waals surface area contributed by atoms with Crippen LogP contribution in [0.15, 0.2) is 30.3 Å². The number of hydrogen-bond donors (Lipinski definition) is 1. The van der Waals surface area contributed by atoms with Crippen LogP contribution in [0.25, 0.3) is 0 Å². The Morgan fingerprint density at radius 1 is 1.04 bits per heavy atom. The highest BCUT2D eigenvalue weighted by molar-refractivity contribution is 5.85. The van der Waals surface area contributed by atoms with Crippen LogP contribution >= 0.6 is 0 Å². The topological polar surface area (TPSA) is 102 Å². The van der Waals surface area contributed by atoms with Crippen LogP contribution < -0.4 is 5.73 Å². The summed E-state index contributed by atoms with van der Waals surface area (Å²) in [5.41, 5.74) is 6.65. The SMILES string of the molecule is CCOC(=O)N1CCN(C(=O)CC(N)C(=O)OCc2ccccc2)CC1. The monoisotopic (exact) mass is 363 g/mol. The lowest BCUT2D eigenvalue weighted by atomic mass is 10.2. The minimum absolute atomic E-state index is 0.118. The lowest BCUT2D eigenvalue weighted by molar-refractivity contribution is -0.149. The number of rotatable bonds is 6. The van der Waals surface area contributed by atoms with Gasteiger partial charge in [0.2, 0.25) is 5.91 Å². The average molecular weight is 363 g/mol. The highest BCUT2D eigenvalue weighted by Crippen LogP contribution is 2.08. The zero-order valence-electron chi connectivity index (χ0n) is 14.9. The van der Waals surface area contributed by atoms with Crippen molar-refractivity contribution in [2.75, 3.05) is 32.8 Å². The summed E-state index contributed by atoms with van der Waals surface area (Å²) in [7, 11) is 0. The predicted octanol–water partition coefficient (Wildman–Crippen LogP) is 0.748. The molecule has 1 aromatic rings. The minimum Gasteiger partial charge on any atom is -0.460 e. The van der Waals surface area contributed by atoms with Crippen molar-refractivity contribution in [2.24, 2.45) is 5.73 Å². The van der Waals surface area contributed by atoms with Gasteiger partial charge in [-0.15, -0.1) is 0 Å². The van der Waals surface area contributed by atoms with E-state index in [9.17, 15) is 14.4 Å². The summed E-state index contributed by atoms with van der Waals surface area (Å²) in [5.74, 6) is -0.829. The van der Waals surface area contributed by atoms with Crippen LogP contribution in [-0.4, -0.2) is 66.6 Å². The number of carbonyl (C=O) groups is 3. The molecule has 1 aliphatic rings. The molecule has 0 saturated carbocycles. The summed E-state index contributed by atoms with van der Waals surface area (Å²) >= 11 is 0. The molecule has 1 saturated heterocycles. The molecule has 0 radical (unpaired) electrons. The highest BCUT2D eigenvalue weighted by Gasteiger charge is 2.27. The number of piperazine rings is 1. The molecule has 26 heavy (non-hydrogen) atoms. The molecule has 0 bridgehead atoms. The van der Waals surface area contributed by atoms with Crippen molar-refractivity contribution in [3.63, 3.8) is 0 Å². The van der Waals surface area contributed by atoms with Crippen LogP contribution in [0.5, 0.6) is 0 Å². The molecule has 0 spiro atoms. The maximum atomic E-state index is 12.3. The second-order valence-electron chi connectivity index (χ2n) is 5.97. The first-order chi connectivity index (χ1) is 12.5. The zero-order chi connectivity index (χ0) is 18.9. The molecule has 2 N–H and O–H groups in total. The third kappa shape index (κ3) is 5.73. The van der Waals surface area contributed by atoms with Gasteiger partial charge in [0.1, 0.15) is 12.6 Å². The molecule has 8 nitrogen and oxygen atoms in total. The Labute approximate surface area is 152 Å². The number of hydrogen-bond acceptors (Lipinski definition) is 6. The fourth-order valence-electron chi connectivity index (χ4n) is 2.59. The number of nitrogens with zero attached hydrogens (tertiary/aromatic N) is 2. The van der Waals surface area contributed by atoms with Gasteiger partial charge in [0, 0.05) is 26.2 Å². The van der Waals surface area contributed by atoms with Crippen molar-refractivity contribution >= 4 is 18.0 Å². The van der Waals surface area contributed by atoms with Gasteiger partial charge in [0.05, 0.1) is 13.0 Å². The minimum atomic E-state index is -1.01. The molecule has 0 aromatic heterocycles. The molecule has 1 aliphatic heterocycles. The molecule has 2 rings (SSSR count). The van der Waals surface area contributed by atoms with Crippen LogP contribution in [0.4, 0.5) is 4.79 Å². The summed E-state index contributed by atoms with van der Waals surface area (Å²) in [6.45, 7) is 3.77. The summed E-state index contributed by atoms with van der Waals surface area (Å²) in [4.78, 5) is 39.1. The van der Waals surface area contributed by atoms with E-state index < -0.39 is 12.0 Å². The molecule has 8 heteroatoms. The number of benzene rings is 1. The molecule has 142 valence electrons. The Bertz CT molecular complexity index is 615. The Morgan fingerprint density at radius 2 is 1.65 bits per heavy atom. The first-order valence-electron chi connectivity index (χ1n) is 8.67. The van der Waals surface area contributed by atoms with E-state index in [-0.39, 0.29) is 25.0 Å². The van der Waals surface area contributed by atoms with Crippen LogP contribution in [0.2, 0.25) is 0 Å². The fraction of sp³-hybridized carbons (Fsp3) is 0.500. The second kappa shape index (κ2) is 9.76. The Morgan fingerprint density at radius 3 is 2.27 bits per heavy atom. The lowest BCUT2D eigenvalue weighted by Gasteiger charge is -2.34. The van der Waals surface area contributed by atoms with Crippen LogP contribution in [-0.2, 0) is 25.7 Å². The van der Waals surface area contributed by atoms with E-state index in [1.165, 1.54) is 0 Å². The number of carbonyl (C=O) groups excluding carboxylic acids is 3. The van der Waals surface area contributed by atoms with E-state index in [2.05, 4.69) is 0 Å². The van der Waals surface area contributed by atoms with E-state index in [1.807, 2.05) is 30.3 Å². The molecule has 1 fully saturated rings. The smallest absolute Gasteiger partial charge is 0.409 e. The second-order valence-corrected chi connectivity index (χ2v) is 5.97. The molecule has 1 atom stereocenters. The van der Waals surface area contributed by atoms with Crippen LogP contribution in [0.3, 0.4) is 0 Å². The highest BCUT2D eigenvalue weighted by atomic mass is 16.6. The normalized spacial score (nSPS) is 15.3. The Hall–Kier alpha value is -2.61. The van der Waals surface area contributed by atoms with Crippen molar-refractivity contribution in [3.8, 4) is 0 Å². The molecule has 2 amide bonds. The van der Waals surface area contributed by atoms with Gasteiger partial charge in [0.25, 0.3) is 0 Å². The summed E-state index contributed by atoms with van der Waals surface area (Å²) in [6.07, 6.45) is -0.492. The average Bonchev–Trinajstić information content (AvgIpc) is 2.67. The number of amides is 2. The Kier molecular flexibility index (Phi) is 7.40. The van der Waals surface area contributed by atoms with Crippen LogP contribution in [0, 0.1) is 0 Å².